The molecule has 0 radical (unpaired) electrons. The lowest BCUT2D eigenvalue weighted by atomic mass is 10.5. The number of fused-ring (bicyclic) bond motifs is 1. The molecule has 0 unspecified atom stereocenters. The zero-order chi connectivity index (χ0) is 6.27. The summed E-state index contributed by atoms with van der Waals surface area (Å²) < 4.78 is 8.92. The maximum absolute atomic E-state index is 5.33. The van der Waals surface area contributed by atoms with Crippen molar-refractivity contribution in [2.45, 2.75) is 0 Å². The molecular formula is C5H4N2OS. The first kappa shape index (κ1) is 4.81. The van der Waals surface area contributed by atoms with Crippen LogP contribution in [0.5, 0.6) is 0 Å². The second-order valence-corrected chi connectivity index (χ2v) is 2.35. The van der Waals surface area contributed by atoms with Gasteiger partial charge in [-0.3, -0.25) is 0 Å². The fraction of sp³-hybridized carbons (Fsp3) is 0. The smallest absolute Gasteiger partial charge is 0.240 e. The van der Waals surface area contributed by atoms with Gasteiger partial charge in [-0.15, -0.1) is 0 Å². The van der Waals surface area contributed by atoms with E-state index in [9.17, 15) is 0 Å². The quantitative estimate of drug-likeness (QED) is 0.602. The van der Waals surface area contributed by atoms with Gasteiger partial charge in [0, 0.05) is 11.4 Å². The molecule has 0 aliphatic heterocycles. The molecule has 46 valence electrons. The van der Waals surface area contributed by atoms with Gasteiger partial charge in [-0.25, -0.2) is 0 Å². The highest BCUT2D eigenvalue weighted by molar-refractivity contribution is 7.04. The zero-order valence-electron chi connectivity index (χ0n) is 4.50. The molecule has 4 heteroatoms. The Bertz CT molecular complexity index is 296. The van der Waals surface area contributed by atoms with Crippen LogP contribution in [-0.2, 0) is 0 Å². The van der Waals surface area contributed by atoms with Crippen molar-refractivity contribution >= 4 is 28.5 Å². The van der Waals surface area contributed by atoms with Crippen molar-refractivity contribution in [2.24, 2.45) is 0 Å². The maximum Gasteiger partial charge on any atom is 0.240 e. The normalized spacial score (nSPS) is 10.7. The van der Waals surface area contributed by atoms with Crippen molar-refractivity contribution in [1.29, 1.82) is 0 Å². The molecule has 2 aromatic rings. The summed E-state index contributed by atoms with van der Waals surface area (Å²) in [6, 6.07) is 1.76. The topological polar surface area (TPSA) is 52.0 Å². The third-order valence-electron chi connectivity index (χ3n) is 1.07. The SMILES string of the molecule is Nc1cc2csnc2o1. The number of nitrogens with zero attached hydrogens (tertiary/aromatic N) is 1. The molecular weight excluding hydrogens is 136 g/mol. The van der Waals surface area contributed by atoms with Gasteiger partial charge in [-0.05, 0) is 11.5 Å². The average molecular weight is 140 g/mol. The Balaban J connectivity index is 2.92. The summed E-state index contributed by atoms with van der Waals surface area (Å²) >= 11 is 1.37. The highest BCUT2D eigenvalue weighted by Gasteiger charge is 2.00. The van der Waals surface area contributed by atoms with Crippen LogP contribution in [-0.4, -0.2) is 4.37 Å². The average Bonchev–Trinajstić information content (AvgIpc) is 2.22. The van der Waals surface area contributed by atoms with E-state index in [0.717, 1.165) is 5.39 Å². The fourth-order valence-electron chi connectivity index (χ4n) is 0.702. The maximum atomic E-state index is 5.33. The zero-order valence-corrected chi connectivity index (χ0v) is 5.31. The number of hydrogen-bond acceptors (Lipinski definition) is 4. The minimum Gasteiger partial charge on any atom is -0.422 e. The molecule has 2 heterocycles. The fourth-order valence-corrected chi connectivity index (χ4v) is 1.28. The molecule has 2 rings (SSSR count). The van der Waals surface area contributed by atoms with E-state index in [2.05, 4.69) is 4.37 Å². The van der Waals surface area contributed by atoms with Crippen molar-refractivity contribution in [1.82, 2.24) is 4.37 Å². The molecule has 0 aliphatic rings. The third kappa shape index (κ3) is 0.598. The van der Waals surface area contributed by atoms with Gasteiger partial charge in [0.25, 0.3) is 0 Å². The van der Waals surface area contributed by atoms with Gasteiger partial charge in [-0.2, -0.15) is 4.37 Å². The van der Waals surface area contributed by atoms with E-state index < -0.39 is 0 Å². The van der Waals surface area contributed by atoms with Crippen LogP contribution in [0.25, 0.3) is 11.1 Å². The molecule has 2 N–H and O–H groups in total. The van der Waals surface area contributed by atoms with Gasteiger partial charge in [-0.1, -0.05) is 0 Å². The standard InChI is InChI=1S/C5H4N2OS/c6-4-1-3-2-9-7-5(3)8-4/h1-2H,6H2. The Morgan fingerprint density at radius 3 is 3.33 bits per heavy atom. The number of aromatic nitrogens is 1. The van der Waals surface area contributed by atoms with Crippen molar-refractivity contribution in [3.63, 3.8) is 0 Å². The minimum atomic E-state index is 0.431. The Morgan fingerprint density at radius 1 is 1.67 bits per heavy atom. The summed E-state index contributed by atoms with van der Waals surface area (Å²) in [4.78, 5) is 0. The summed E-state index contributed by atoms with van der Waals surface area (Å²) in [5.74, 6) is 0.431. The summed E-state index contributed by atoms with van der Waals surface area (Å²) in [6.45, 7) is 0. The highest BCUT2D eigenvalue weighted by atomic mass is 32.1. The molecule has 0 aliphatic carbocycles. The number of furan rings is 1. The van der Waals surface area contributed by atoms with E-state index in [1.807, 2.05) is 5.38 Å². The number of hydrogen-bond donors (Lipinski definition) is 1. The molecule has 2 aromatic heterocycles. The van der Waals surface area contributed by atoms with Gasteiger partial charge in [0.2, 0.25) is 5.71 Å². The third-order valence-corrected chi connectivity index (χ3v) is 1.71. The molecule has 0 saturated carbocycles. The largest absolute Gasteiger partial charge is 0.422 e. The lowest BCUT2D eigenvalue weighted by molar-refractivity contribution is 0.628. The number of rotatable bonds is 0. The van der Waals surface area contributed by atoms with Gasteiger partial charge in [0.15, 0.2) is 5.88 Å². The summed E-state index contributed by atoms with van der Waals surface area (Å²) in [7, 11) is 0. The molecule has 0 amide bonds. The Kier molecular flexibility index (Phi) is 0.790. The van der Waals surface area contributed by atoms with Crippen molar-refractivity contribution in [3.05, 3.63) is 11.4 Å². The Hall–Kier alpha value is -1.03. The van der Waals surface area contributed by atoms with Crippen LogP contribution in [0, 0.1) is 0 Å². The second-order valence-electron chi connectivity index (χ2n) is 1.72. The van der Waals surface area contributed by atoms with Gasteiger partial charge in [0.1, 0.15) is 0 Å². The van der Waals surface area contributed by atoms with E-state index in [1.54, 1.807) is 6.07 Å². The van der Waals surface area contributed by atoms with Crippen LogP contribution in [0.2, 0.25) is 0 Å². The number of nitrogens with two attached hydrogens (primary N) is 1. The van der Waals surface area contributed by atoms with Crippen molar-refractivity contribution < 1.29 is 4.42 Å². The second kappa shape index (κ2) is 1.48. The van der Waals surface area contributed by atoms with Crippen LogP contribution in [0.4, 0.5) is 5.88 Å². The highest BCUT2D eigenvalue weighted by Crippen LogP contribution is 2.20. The van der Waals surface area contributed by atoms with Crippen LogP contribution < -0.4 is 5.73 Å². The van der Waals surface area contributed by atoms with E-state index in [-0.39, 0.29) is 0 Å². The molecule has 0 spiro atoms. The van der Waals surface area contributed by atoms with E-state index >= 15 is 0 Å². The molecule has 0 saturated heterocycles. The van der Waals surface area contributed by atoms with E-state index in [4.69, 9.17) is 10.2 Å². The van der Waals surface area contributed by atoms with Crippen molar-refractivity contribution in [2.75, 3.05) is 5.73 Å². The monoisotopic (exact) mass is 140 g/mol. The van der Waals surface area contributed by atoms with Crippen LogP contribution in [0.15, 0.2) is 15.9 Å². The minimum absolute atomic E-state index is 0.431. The lowest BCUT2D eigenvalue weighted by Crippen LogP contribution is -1.75. The first-order valence-electron chi connectivity index (χ1n) is 2.45. The van der Waals surface area contributed by atoms with Crippen molar-refractivity contribution in [3.8, 4) is 0 Å². The summed E-state index contributed by atoms with van der Waals surface area (Å²) in [6.07, 6.45) is 0. The van der Waals surface area contributed by atoms with E-state index in [0.29, 0.717) is 11.6 Å². The van der Waals surface area contributed by atoms with Crippen LogP contribution >= 0.6 is 11.5 Å². The molecule has 9 heavy (non-hydrogen) atoms. The Labute approximate surface area is 55.2 Å². The summed E-state index contributed by atoms with van der Waals surface area (Å²) in [5.41, 5.74) is 5.97. The van der Waals surface area contributed by atoms with Crippen LogP contribution in [0.1, 0.15) is 0 Å². The predicted molar refractivity (Wildman–Crippen MR) is 36.3 cm³/mol. The number of nitrogen functional groups attached to an aromatic ring is 1. The Morgan fingerprint density at radius 2 is 2.56 bits per heavy atom. The molecule has 0 fully saturated rings. The van der Waals surface area contributed by atoms with Gasteiger partial charge >= 0.3 is 0 Å². The van der Waals surface area contributed by atoms with E-state index in [1.165, 1.54) is 11.5 Å². The van der Waals surface area contributed by atoms with Gasteiger partial charge in [0.05, 0.1) is 5.39 Å². The van der Waals surface area contributed by atoms with Gasteiger partial charge < -0.3 is 10.2 Å². The molecule has 0 bridgehead atoms. The predicted octanol–water partition coefficient (Wildman–Crippen LogP) is 1.47. The van der Waals surface area contributed by atoms with Crippen LogP contribution in [0.3, 0.4) is 0 Å². The first-order valence-corrected chi connectivity index (χ1v) is 3.29. The number of anilines is 1. The first-order chi connectivity index (χ1) is 4.36. The molecule has 3 nitrogen and oxygen atoms in total. The molecule has 0 aromatic carbocycles. The lowest BCUT2D eigenvalue weighted by Gasteiger charge is -1.73. The summed E-state index contributed by atoms with van der Waals surface area (Å²) in [5, 5.41) is 2.88. The molecule has 0 atom stereocenters.